The van der Waals surface area contributed by atoms with Crippen molar-refractivity contribution in [3.8, 4) is 0 Å². The molecule has 1 heterocycles. The summed E-state index contributed by atoms with van der Waals surface area (Å²) in [5.41, 5.74) is 1.75. The minimum absolute atomic E-state index is 0.0571. The van der Waals surface area contributed by atoms with Gasteiger partial charge in [-0.15, -0.1) is 11.3 Å². The summed E-state index contributed by atoms with van der Waals surface area (Å²) < 4.78 is 22.2. The number of sulfonamides is 1. The summed E-state index contributed by atoms with van der Waals surface area (Å²) in [5.74, 6) is -0.131. The molecule has 0 fully saturated rings. The second-order valence-corrected chi connectivity index (χ2v) is 6.78. The van der Waals surface area contributed by atoms with Gasteiger partial charge in [-0.2, -0.15) is 0 Å². The van der Waals surface area contributed by atoms with Crippen molar-refractivity contribution < 1.29 is 13.2 Å². The Labute approximate surface area is 121 Å². The molecule has 0 saturated carbocycles. The lowest BCUT2D eigenvalue weighted by molar-refractivity contribution is 0.0954. The molecule has 7 heteroatoms. The molecule has 0 aliphatic rings. The quantitative estimate of drug-likeness (QED) is 0.899. The van der Waals surface area contributed by atoms with E-state index in [1.807, 2.05) is 18.4 Å². The number of hydrogen-bond donors (Lipinski definition) is 2. The molecule has 2 rings (SSSR count). The van der Waals surface area contributed by atoms with Gasteiger partial charge >= 0.3 is 0 Å². The topological polar surface area (TPSA) is 89.3 Å². The molecule has 1 aromatic heterocycles. The van der Waals surface area contributed by atoms with Gasteiger partial charge in [0.05, 0.1) is 9.77 Å². The second-order valence-electron chi connectivity index (χ2n) is 4.30. The molecule has 2 aromatic rings. The maximum absolute atomic E-state index is 11.9. The predicted molar refractivity (Wildman–Crippen MR) is 78.0 cm³/mol. The van der Waals surface area contributed by atoms with E-state index in [4.69, 9.17) is 5.14 Å². The summed E-state index contributed by atoms with van der Waals surface area (Å²) in [6, 6.07) is 7.99. The predicted octanol–water partition coefficient (Wildman–Crippen LogP) is 1.63. The second kappa shape index (κ2) is 5.74. The van der Waals surface area contributed by atoms with E-state index in [-0.39, 0.29) is 10.8 Å². The van der Waals surface area contributed by atoms with Crippen molar-refractivity contribution in [3.05, 3.63) is 51.7 Å². The maximum Gasteiger partial charge on any atom is 0.261 e. The third-order valence-electron chi connectivity index (χ3n) is 2.77. The van der Waals surface area contributed by atoms with Crippen molar-refractivity contribution in [1.29, 1.82) is 0 Å². The van der Waals surface area contributed by atoms with E-state index in [0.29, 0.717) is 11.4 Å². The van der Waals surface area contributed by atoms with Gasteiger partial charge in [0.1, 0.15) is 0 Å². The molecule has 0 radical (unpaired) electrons. The fourth-order valence-electron chi connectivity index (χ4n) is 1.66. The third-order valence-corrected chi connectivity index (χ3v) is 4.72. The molecule has 1 aromatic carbocycles. The van der Waals surface area contributed by atoms with Crippen molar-refractivity contribution in [2.75, 3.05) is 0 Å². The lowest BCUT2D eigenvalue weighted by Crippen LogP contribution is -2.22. The average Bonchev–Trinajstić information content (AvgIpc) is 2.82. The van der Waals surface area contributed by atoms with E-state index in [1.54, 1.807) is 12.1 Å². The van der Waals surface area contributed by atoms with Crippen molar-refractivity contribution in [3.63, 3.8) is 0 Å². The first kappa shape index (κ1) is 14.7. The van der Waals surface area contributed by atoms with Gasteiger partial charge < -0.3 is 5.32 Å². The molecule has 0 aliphatic heterocycles. The van der Waals surface area contributed by atoms with Crippen molar-refractivity contribution in [2.45, 2.75) is 18.4 Å². The first-order valence-corrected chi connectivity index (χ1v) is 8.24. The summed E-state index contributed by atoms with van der Waals surface area (Å²) >= 11 is 1.39. The van der Waals surface area contributed by atoms with E-state index in [0.717, 1.165) is 11.1 Å². The van der Waals surface area contributed by atoms with Gasteiger partial charge in [0.15, 0.2) is 0 Å². The molecule has 3 N–H and O–H groups in total. The van der Waals surface area contributed by atoms with Gasteiger partial charge in [0.2, 0.25) is 10.0 Å². The van der Waals surface area contributed by atoms with E-state index < -0.39 is 10.0 Å². The smallest absolute Gasteiger partial charge is 0.261 e. The van der Waals surface area contributed by atoms with E-state index >= 15 is 0 Å². The highest BCUT2D eigenvalue weighted by Crippen LogP contribution is 2.15. The molecule has 20 heavy (non-hydrogen) atoms. The van der Waals surface area contributed by atoms with E-state index in [1.165, 1.54) is 23.5 Å². The highest BCUT2D eigenvalue weighted by Gasteiger charge is 2.10. The Balaban J connectivity index is 2.02. The van der Waals surface area contributed by atoms with Gasteiger partial charge in [0.25, 0.3) is 5.91 Å². The van der Waals surface area contributed by atoms with Gasteiger partial charge in [-0.25, -0.2) is 13.6 Å². The number of nitrogens with one attached hydrogen (secondary N) is 1. The van der Waals surface area contributed by atoms with Crippen LogP contribution in [0.15, 0.2) is 40.6 Å². The Hall–Kier alpha value is -1.70. The zero-order valence-electron chi connectivity index (χ0n) is 10.8. The SMILES string of the molecule is Cc1ccsc1C(=O)NCc1ccc(S(N)(=O)=O)cc1. The third kappa shape index (κ3) is 3.44. The molecule has 1 amide bonds. The molecular formula is C13H14N2O3S2. The molecule has 0 bridgehead atoms. The Morgan fingerprint density at radius 3 is 2.40 bits per heavy atom. The Morgan fingerprint density at radius 2 is 1.90 bits per heavy atom. The molecule has 0 atom stereocenters. The number of carbonyl (C=O) groups excluding carboxylic acids is 1. The summed E-state index contributed by atoms with van der Waals surface area (Å²) in [7, 11) is -3.68. The van der Waals surface area contributed by atoms with Gasteiger partial charge in [-0.05, 0) is 41.6 Å². The standard InChI is InChI=1S/C13H14N2O3S2/c1-9-6-7-19-12(9)13(16)15-8-10-2-4-11(5-3-10)20(14,17)18/h2-7H,8H2,1H3,(H,15,16)(H2,14,17,18). The Kier molecular flexibility index (Phi) is 4.22. The lowest BCUT2D eigenvalue weighted by atomic mass is 10.2. The molecule has 0 aliphatic carbocycles. The maximum atomic E-state index is 11.9. The van der Waals surface area contributed by atoms with Crippen LogP contribution in [0.4, 0.5) is 0 Å². The summed E-state index contributed by atoms with van der Waals surface area (Å²) in [6.07, 6.45) is 0. The van der Waals surface area contributed by atoms with Crippen LogP contribution in [0.1, 0.15) is 20.8 Å². The van der Waals surface area contributed by atoms with Gasteiger partial charge in [-0.1, -0.05) is 12.1 Å². The summed E-state index contributed by atoms with van der Waals surface area (Å²) in [6.45, 7) is 2.22. The normalized spacial score (nSPS) is 11.3. The van der Waals surface area contributed by atoms with Crippen molar-refractivity contribution >= 4 is 27.3 Å². The molecule has 0 spiro atoms. The number of rotatable bonds is 4. The highest BCUT2D eigenvalue weighted by molar-refractivity contribution is 7.89. The van der Waals surface area contributed by atoms with Crippen LogP contribution in [-0.2, 0) is 16.6 Å². The number of benzene rings is 1. The number of nitrogens with two attached hydrogens (primary N) is 1. The zero-order valence-corrected chi connectivity index (χ0v) is 12.4. The van der Waals surface area contributed by atoms with Crippen LogP contribution in [0.2, 0.25) is 0 Å². The van der Waals surface area contributed by atoms with Crippen molar-refractivity contribution in [1.82, 2.24) is 5.32 Å². The Morgan fingerprint density at radius 1 is 1.25 bits per heavy atom. The van der Waals surface area contributed by atoms with Crippen LogP contribution in [0.3, 0.4) is 0 Å². The van der Waals surface area contributed by atoms with E-state index in [9.17, 15) is 13.2 Å². The van der Waals surface area contributed by atoms with Crippen LogP contribution in [0.25, 0.3) is 0 Å². The molecule has 5 nitrogen and oxygen atoms in total. The minimum Gasteiger partial charge on any atom is -0.347 e. The number of amides is 1. The first-order valence-electron chi connectivity index (χ1n) is 5.82. The van der Waals surface area contributed by atoms with Gasteiger partial charge in [0, 0.05) is 6.54 Å². The van der Waals surface area contributed by atoms with Crippen LogP contribution >= 0.6 is 11.3 Å². The van der Waals surface area contributed by atoms with Crippen LogP contribution in [0.5, 0.6) is 0 Å². The molecular weight excluding hydrogens is 296 g/mol. The number of thiophene rings is 1. The summed E-state index contributed by atoms with van der Waals surface area (Å²) in [5, 5.41) is 9.67. The minimum atomic E-state index is -3.68. The van der Waals surface area contributed by atoms with E-state index in [2.05, 4.69) is 5.32 Å². The molecule has 0 unspecified atom stereocenters. The number of hydrogen-bond acceptors (Lipinski definition) is 4. The molecule has 106 valence electrons. The lowest BCUT2D eigenvalue weighted by Gasteiger charge is -2.05. The van der Waals surface area contributed by atoms with Crippen LogP contribution < -0.4 is 10.5 Å². The largest absolute Gasteiger partial charge is 0.347 e. The van der Waals surface area contributed by atoms with Crippen LogP contribution in [-0.4, -0.2) is 14.3 Å². The number of carbonyl (C=O) groups is 1. The monoisotopic (exact) mass is 310 g/mol. The molecule has 0 saturated heterocycles. The number of aryl methyl sites for hydroxylation is 1. The number of primary sulfonamides is 1. The van der Waals surface area contributed by atoms with Crippen LogP contribution in [0, 0.1) is 6.92 Å². The fraction of sp³-hybridized carbons (Fsp3) is 0.154. The van der Waals surface area contributed by atoms with Crippen molar-refractivity contribution in [2.24, 2.45) is 5.14 Å². The summed E-state index contributed by atoms with van der Waals surface area (Å²) in [4.78, 5) is 12.7. The fourth-order valence-corrected chi connectivity index (χ4v) is 3.02. The highest BCUT2D eigenvalue weighted by atomic mass is 32.2. The average molecular weight is 310 g/mol. The Bertz CT molecular complexity index is 718. The first-order chi connectivity index (χ1) is 9.38. The zero-order chi connectivity index (χ0) is 14.8. The van der Waals surface area contributed by atoms with Gasteiger partial charge in [-0.3, -0.25) is 4.79 Å².